The van der Waals surface area contributed by atoms with Crippen LogP contribution in [0.1, 0.15) is 0 Å². The van der Waals surface area contributed by atoms with E-state index >= 15 is 0 Å². The summed E-state index contributed by atoms with van der Waals surface area (Å²) in [5.41, 5.74) is 0. The van der Waals surface area contributed by atoms with Crippen molar-refractivity contribution in [3.8, 4) is 0 Å². The minimum atomic E-state index is -0.848. The number of rotatable bonds is 0. The van der Waals surface area contributed by atoms with Crippen LogP contribution in [0.15, 0.2) is 10.2 Å². The molecule has 0 fully saturated rings. The van der Waals surface area contributed by atoms with Gasteiger partial charge >= 0.3 is 50.7 Å². The molecule has 0 radical (unpaired) electrons. The summed E-state index contributed by atoms with van der Waals surface area (Å²) in [5, 5.41) is 17.1. The Morgan fingerprint density at radius 1 is 1.71 bits per heavy atom. The van der Waals surface area contributed by atoms with Gasteiger partial charge in [0.05, 0.1) is 0 Å². The first-order valence-corrected chi connectivity index (χ1v) is 4.85. The fourth-order valence-electron chi connectivity index (χ4n) is 0.319. The molecule has 0 aromatic heterocycles. The Bertz CT molecular complexity index is 140. The average Bonchev–Trinajstić information content (AvgIpc) is 1.91. The van der Waals surface area contributed by atoms with Crippen molar-refractivity contribution in [3.63, 3.8) is 0 Å². The molecule has 0 saturated carbocycles. The van der Waals surface area contributed by atoms with Crippen molar-refractivity contribution in [2.75, 3.05) is 0 Å². The number of hydrogen-bond acceptors (Lipinski definition) is 1. The van der Waals surface area contributed by atoms with Crippen LogP contribution in [0, 0.1) is 0 Å². The fraction of sp³-hybridized carbons (Fsp3) is 0. The van der Waals surface area contributed by atoms with Crippen molar-refractivity contribution in [1.29, 1.82) is 0 Å². The molecule has 1 heterocycles. The van der Waals surface area contributed by atoms with E-state index < -0.39 is 21.6 Å². The van der Waals surface area contributed by atoms with Gasteiger partial charge in [0, 0.05) is 0 Å². The van der Waals surface area contributed by atoms with Crippen molar-refractivity contribution in [3.05, 3.63) is 10.2 Å². The van der Waals surface area contributed by atoms with Crippen LogP contribution in [-0.4, -0.2) is 40.5 Å². The molecule has 1 rings (SSSR count). The van der Waals surface area contributed by atoms with E-state index in [0.717, 1.165) is 4.74 Å². The first kappa shape index (κ1) is 4.97. The van der Waals surface area contributed by atoms with Crippen LogP contribution in [0.2, 0.25) is 0 Å². The average molecular weight is 209 g/mol. The van der Waals surface area contributed by atoms with Gasteiger partial charge in [0.2, 0.25) is 0 Å². The molecule has 4 heteroatoms. The van der Waals surface area contributed by atoms with Crippen LogP contribution in [0.4, 0.5) is 0 Å². The molecule has 0 saturated heterocycles. The quantitative estimate of drug-likeness (QED) is 0.312. The van der Waals surface area contributed by atoms with E-state index in [9.17, 15) is 0 Å². The molecule has 0 unspecified atom stereocenters. The molecular formula is C3H5NO2Sb+. The molecular weight excluding hydrogens is 204 g/mol. The molecule has 0 spiro atoms. The van der Waals surface area contributed by atoms with E-state index in [2.05, 4.69) is 0 Å². The Labute approximate surface area is 51.1 Å². The third-order valence-corrected chi connectivity index (χ3v) is 2.94. The summed E-state index contributed by atoms with van der Waals surface area (Å²) < 4.78 is 2.76. The third kappa shape index (κ3) is 0.884. The maximum absolute atomic E-state index is 8.60. The predicted molar refractivity (Wildman–Crippen MR) is 26.0 cm³/mol. The molecule has 7 heavy (non-hydrogen) atoms. The SMILES string of the molecule is O[C]1=[N+](O)C=[CH][SbH]1. The normalized spacial score (nSPS) is 18.9. The number of nitrogens with zero attached hydrogens (tertiary/aromatic N) is 1. The van der Waals surface area contributed by atoms with Gasteiger partial charge in [-0.15, -0.1) is 0 Å². The summed E-state index contributed by atoms with van der Waals surface area (Å²) >= 11 is -0.848. The topological polar surface area (TPSA) is 43.5 Å². The Kier molecular flexibility index (Phi) is 1.24. The van der Waals surface area contributed by atoms with E-state index in [1.54, 1.807) is 0 Å². The van der Waals surface area contributed by atoms with Crippen LogP contribution in [0.5, 0.6) is 0 Å². The van der Waals surface area contributed by atoms with Gasteiger partial charge in [-0.1, -0.05) is 0 Å². The van der Waals surface area contributed by atoms with Gasteiger partial charge in [0.25, 0.3) is 0 Å². The predicted octanol–water partition coefficient (Wildman–Crippen LogP) is -0.777. The molecule has 1 aliphatic rings. The Hall–Kier alpha value is -0.172. The van der Waals surface area contributed by atoms with Crippen LogP contribution < -0.4 is 0 Å². The summed E-state index contributed by atoms with van der Waals surface area (Å²) in [6.07, 6.45) is 1.47. The second kappa shape index (κ2) is 1.74. The summed E-state index contributed by atoms with van der Waals surface area (Å²) in [4.78, 5) is 0. The maximum atomic E-state index is 8.60. The first-order chi connectivity index (χ1) is 3.30. The van der Waals surface area contributed by atoms with Gasteiger partial charge in [-0.25, -0.2) is 0 Å². The number of hydrogen-bond donors (Lipinski definition) is 2. The molecule has 0 aliphatic carbocycles. The van der Waals surface area contributed by atoms with E-state index in [-0.39, 0.29) is 3.84 Å². The van der Waals surface area contributed by atoms with Gasteiger partial charge in [-0.05, 0) is 0 Å². The number of aliphatic hydroxyl groups is 1. The Morgan fingerprint density at radius 3 is 2.57 bits per heavy atom. The first-order valence-electron chi connectivity index (χ1n) is 1.78. The third-order valence-electron chi connectivity index (χ3n) is 0.645. The Morgan fingerprint density at radius 2 is 2.43 bits per heavy atom. The van der Waals surface area contributed by atoms with E-state index in [1.807, 2.05) is 4.02 Å². The fourth-order valence-corrected chi connectivity index (χ4v) is 1.95. The monoisotopic (exact) mass is 208 g/mol. The minimum absolute atomic E-state index is 0.156. The van der Waals surface area contributed by atoms with E-state index in [1.165, 1.54) is 6.20 Å². The zero-order chi connectivity index (χ0) is 5.28. The van der Waals surface area contributed by atoms with Crippen LogP contribution >= 0.6 is 0 Å². The summed E-state index contributed by atoms with van der Waals surface area (Å²) in [7, 11) is 0. The molecule has 3 nitrogen and oxygen atoms in total. The van der Waals surface area contributed by atoms with Crippen LogP contribution in [0.3, 0.4) is 0 Å². The van der Waals surface area contributed by atoms with Gasteiger partial charge in [-0.2, -0.15) is 0 Å². The molecule has 0 amide bonds. The van der Waals surface area contributed by atoms with Gasteiger partial charge in [-0.3, -0.25) is 0 Å². The molecule has 38 valence electrons. The van der Waals surface area contributed by atoms with Crippen molar-refractivity contribution in [2.24, 2.45) is 0 Å². The molecule has 0 bridgehead atoms. The molecule has 2 N–H and O–H groups in total. The van der Waals surface area contributed by atoms with Crippen molar-refractivity contribution >= 4 is 25.5 Å². The van der Waals surface area contributed by atoms with Crippen molar-refractivity contribution in [1.82, 2.24) is 0 Å². The van der Waals surface area contributed by atoms with Crippen LogP contribution in [-0.2, 0) is 0 Å². The van der Waals surface area contributed by atoms with E-state index in [0.29, 0.717) is 0 Å². The van der Waals surface area contributed by atoms with Gasteiger partial charge < -0.3 is 0 Å². The summed E-state index contributed by atoms with van der Waals surface area (Å²) in [5.74, 6) is 0. The van der Waals surface area contributed by atoms with Gasteiger partial charge in [0.1, 0.15) is 0 Å². The molecule has 0 aromatic rings. The summed E-state index contributed by atoms with van der Waals surface area (Å²) in [6, 6.07) is 0. The summed E-state index contributed by atoms with van der Waals surface area (Å²) in [6.45, 7) is 0. The molecule has 1 aliphatic heterocycles. The standard InChI is InChI=1S/C3H4NO2.Sb.H/c1-2-4(6)3-5;;/h1-2,5-6H;;/q+1;;. The zero-order valence-corrected chi connectivity index (χ0v) is 6.35. The van der Waals surface area contributed by atoms with Gasteiger partial charge in [0.15, 0.2) is 0 Å². The second-order valence-corrected chi connectivity index (χ2v) is 4.18. The van der Waals surface area contributed by atoms with Crippen molar-refractivity contribution < 1.29 is 15.1 Å². The zero-order valence-electron chi connectivity index (χ0n) is 3.50. The van der Waals surface area contributed by atoms with Crippen molar-refractivity contribution in [2.45, 2.75) is 0 Å². The number of aliphatic hydroxyl groups excluding tert-OH is 1. The Balaban J connectivity index is 2.79. The second-order valence-electron chi connectivity index (χ2n) is 1.13. The van der Waals surface area contributed by atoms with Crippen LogP contribution in [0.25, 0.3) is 0 Å². The van der Waals surface area contributed by atoms with E-state index in [4.69, 9.17) is 10.3 Å². The molecule has 0 atom stereocenters. The number of hydroxylamine groups is 1. The molecule has 0 aromatic carbocycles.